The second-order valence-corrected chi connectivity index (χ2v) is 18.5. The van der Waals surface area contributed by atoms with E-state index in [0.717, 1.165) is 37.1 Å². The Morgan fingerprint density at radius 3 is 1.90 bits per heavy atom. The molecule has 2 saturated carbocycles. The van der Waals surface area contributed by atoms with Gasteiger partial charge in [0.05, 0.1) is 0 Å². The summed E-state index contributed by atoms with van der Waals surface area (Å²) in [7, 11) is 0. The second kappa shape index (κ2) is 26.7. The van der Waals surface area contributed by atoms with Crippen molar-refractivity contribution >= 4 is 11.3 Å². The molecule has 320 valence electrons. The van der Waals surface area contributed by atoms with E-state index in [1.54, 1.807) is 0 Å². The fourth-order valence-corrected chi connectivity index (χ4v) is 9.16. The topological polar surface area (TPSA) is 18.5 Å². The molecular weight excluding hydrogens is 703 g/mol. The highest BCUT2D eigenvalue weighted by molar-refractivity contribution is 5.73. The molecule has 58 heavy (non-hydrogen) atoms. The van der Waals surface area contributed by atoms with Crippen molar-refractivity contribution in [3.05, 3.63) is 119 Å². The van der Waals surface area contributed by atoms with E-state index >= 15 is 0 Å². The third-order valence-electron chi connectivity index (χ3n) is 13.2. The monoisotopic (exact) mass is 788 g/mol. The Labute approximate surface area is 358 Å². The minimum Gasteiger partial charge on any atom is -0.389 e. The molecule has 4 fully saturated rings. The lowest BCUT2D eigenvalue weighted by atomic mass is 9.83. The number of hydrogen-bond acceptors (Lipinski definition) is 3. The van der Waals surface area contributed by atoms with Crippen LogP contribution in [0.4, 0.5) is 5.69 Å². The van der Waals surface area contributed by atoms with Crippen LogP contribution in [0.3, 0.4) is 0 Å². The molecular formula is C55H85N3. The van der Waals surface area contributed by atoms with Crippen molar-refractivity contribution in [2.24, 2.45) is 17.8 Å². The summed E-state index contributed by atoms with van der Waals surface area (Å²) >= 11 is 0. The third-order valence-corrected chi connectivity index (χ3v) is 13.2. The van der Waals surface area contributed by atoms with Gasteiger partial charge in [-0.2, -0.15) is 0 Å². The third kappa shape index (κ3) is 17.5. The summed E-state index contributed by atoms with van der Waals surface area (Å²) < 4.78 is 0. The number of nitrogens with zero attached hydrogens (tertiary/aromatic N) is 2. The number of anilines is 1. The zero-order valence-electron chi connectivity index (χ0n) is 38.4. The first-order valence-electron chi connectivity index (χ1n) is 23.9. The molecule has 2 saturated heterocycles. The van der Waals surface area contributed by atoms with Crippen molar-refractivity contribution < 1.29 is 0 Å². The Balaban J connectivity index is 0.000000182. The Morgan fingerprint density at radius 2 is 1.29 bits per heavy atom. The van der Waals surface area contributed by atoms with Crippen molar-refractivity contribution in [3.63, 3.8) is 0 Å². The molecule has 1 atom stereocenters. The lowest BCUT2D eigenvalue weighted by Crippen LogP contribution is -2.48. The van der Waals surface area contributed by atoms with Gasteiger partial charge in [-0.15, -0.1) is 0 Å². The van der Waals surface area contributed by atoms with Gasteiger partial charge in [-0.3, -0.25) is 4.90 Å². The van der Waals surface area contributed by atoms with Gasteiger partial charge >= 0.3 is 0 Å². The van der Waals surface area contributed by atoms with Crippen molar-refractivity contribution in [1.82, 2.24) is 10.2 Å². The van der Waals surface area contributed by atoms with E-state index in [4.69, 9.17) is 0 Å². The van der Waals surface area contributed by atoms with Crippen LogP contribution in [0.15, 0.2) is 85.6 Å². The van der Waals surface area contributed by atoms with E-state index in [0.29, 0.717) is 0 Å². The molecule has 3 heteroatoms. The molecule has 3 aromatic carbocycles. The fourth-order valence-electron chi connectivity index (χ4n) is 9.16. The summed E-state index contributed by atoms with van der Waals surface area (Å²) in [4.78, 5) is 5.30. The number of aryl methyl sites for hydroxylation is 5. The predicted molar refractivity (Wildman–Crippen MR) is 257 cm³/mol. The van der Waals surface area contributed by atoms with E-state index in [9.17, 15) is 0 Å². The van der Waals surface area contributed by atoms with E-state index in [2.05, 4.69) is 118 Å². The smallest absolute Gasteiger partial charge is 0.0370 e. The normalized spacial score (nSPS) is 21.8. The highest BCUT2D eigenvalue weighted by atomic mass is 15.3. The maximum absolute atomic E-state index is 4.19. The number of nitrogens with one attached hydrogen (secondary N) is 1. The van der Waals surface area contributed by atoms with Crippen molar-refractivity contribution in [1.29, 1.82) is 0 Å². The minimum absolute atomic E-state index is 0.886. The molecule has 5 aliphatic rings. The van der Waals surface area contributed by atoms with Gasteiger partial charge in [0, 0.05) is 50.7 Å². The molecule has 0 spiro atoms. The highest BCUT2D eigenvalue weighted by Crippen LogP contribution is 2.34. The van der Waals surface area contributed by atoms with Crippen LogP contribution in [-0.2, 0) is 19.3 Å². The largest absolute Gasteiger partial charge is 0.389 e. The molecule has 3 nitrogen and oxygen atoms in total. The number of rotatable bonds is 6. The molecule has 0 bridgehead atoms. The van der Waals surface area contributed by atoms with Gasteiger partial charge in [0.15, 0.2) is 0 Å². The Kier molecular flexibility index (Phi) is 21.8. The van der Waals surface area contributed by atoms with Gasteiger partial charge < -0.3 is 10.2 Å². The van der Waals surface area contributed by atoms with E-state index in [1.165, 1.54) is 186 Å². The van der Waals surface area contributed by atoms with Gasteiger partial charge in [0.2, 0.25) is 0 Å². The average Bonchev–Trinajstić information content (AvgIpc) is 3.51. The molecule has 0 amide bonds. The summed E-state index contributed by atoms with van der Waals surface area (Å²) in [5, 5.41) is 3.28. The van der Waals surface area contributed by atoms with Crippen molar-refractivity contribution in [2.45, 2.75) is 157 Å². The van der Waals surface area contributed by atoms with Crippen molar-refractivity contribution in [2.75, 3.05) is 44.2 Å². The second-order valence-electron chi connectivity index (χ2n) is 18.5. The summed E-state index contributed by atoms with van der Waals surface area (Å²) in [6.07, 6.45) is 24.6. The molecule has 0 aromatic heterocycles. The quantitative estimate of drug-likeness (QED) is 0.268. The van der Waals surface area contributed by atoms with Gasteiger partial charge in [-0.05, 0) is 129 Å². The van der Waals surface area contributed by atoms with Gasteiger partial charge in [-0.25, -0.2) is 0 Å². The summed E-state index contributed by atoms with van der Waals surface area (Å²) in [5.41, 5.74) is 12.6. The first-order chi connectivity index (χ1) is 28.1. The molecule has 8 rings (SSSR count). The predicted octanol–water partition coefficient (Wildman–Crippen LogP) is 14.3. The maximum atomic E-state index is 4.19. The zero-order valence-corrected chi connectivity index (χ0v) is 38.4. The SMILES string of the molecule is C1CCCCC1.C=C1CCC(C)CCN1.C=C1CCc2cc(N3CCN(CC4CCC(C)CC4)CC3)ccc21.CCCc1ccc(C)cc1CC.Cc1ccccc1. The van der Waals surface area contributed by atoms with Gasteiger partial charge in [0.1, 0.15) is 0 Å². The Hall–Kier alpha value is -3.30. The lowest BCUT2D eigenvalue weighted by molar-refractivity contribution is 0.177. The average molecular weight is 788 g/mol. The van der Waals surface area contributed by atoms with E-state index in [-0.39, 0.29) is 0 Å². The van der Waals surface area contributed by atoms with Gasteiger partial charge in [-0.1, -0.05) is 164 Å². The molecule has 1 N–H and O–H groups in total. The Bertz CT molecular complexity index is 1570. The number of benzene rings is 3. The first kappa shape index (κ1) is 47.4. The molecule has 2 heterocycles. The Morgan fingerprint density at radius 1 is 0.638 bits per heavy atom. The molecule has 0 radical (unpaired) electrons. The van der Waals surface area contributed by atoms with Crippen LogP contribution in [0, 0.1) is 31.6 Å². The summed E-state index contributed by atoms with van der Waals surface area (Å²) in [6, 6.07) is 24.1. The minimum atomic E-state index is 0.886. The number of piperazine rings is 1. The molecule has 1 unspecified atom stereocenters. The van der Waals surface area contributed by atoms with E-state index in [1.807, 2.05) is 18.2 Å². The van der Waals surface area contributed by atoms with Gasteiger partial charge in [0.25, 0.3) is 0 Å². The molecule has 3 aliphatic carbocycles. The van der Waals surface area contributed by atoms with Crippen molar-refractivity contribution in [3.8, 4) is 0 Å². The number of allylic oxidation sites excluding steroid dienone is 2. The first-order valence-corrected chi connectivity index (χ1v) is 23.9. The highest BCUT2D eigenvalue weighted by Gasteiger charge is 2.24. The summed E-state index contributed by atoms with van der Waals surface area (Å²) in [5.74, 6) is 2.81. The van der Waals surface area contributed by atoms with Crippen LogP contribution in [0.2, 0.25) is 0 Å². The molecule has 2 aliphatic heterocycles. The van der Waals surface area contributed by atoms with Crippen LogP contribution in [-0.4, -0.2) is 44.2 Å². The summed E-state index contributed by atoms with van der Waals surface area (Å²) in [6.45, 7) is 28.8. The number of fused-ring (bicyclic) bond motifs is 1. The van der Waals surface area contributed by atoms with Crippen LogP contribution in [0.1, 0.15) is 157 Å². The maximum Gasteiger partial charge on any atom is 0.0370 e. The zero-order chi connectivity index (χ0) is 41.5. The van der Waals surface area contributed by atoms with Crippen LogP contribution >= 0.6 is 0 Å². The fraction of sp³-hybridized carbons (Fsp3) is 0.600. The lowest BCUT2D eigenvalue weighted by Gasteiger charge is -2.39. The van der Waals surface area contributed by atoms with Crippen LogP contribution in [0.25, 0.3) is 5.57 Å². The molecule has 3 aromatic rings. The van der Waals surface area contributed by atoms with Crippen LogP contribution in [0.5, 0.6) is 0 Å². The number of hydrogen-bond donors (Lipinski definition) is 1. The van der Waals surface area contributed by atoms with Crippen LogP contribution < -0.4 is 10.2 Å². The standard InChI is InChI=1S/C22H32N2.C12H18.C8H15N.C7H8.C6H12/c1-17-3-6-19(7-4-17)16-23-11-13-24(14-12-23)21-9-10-22-18(2)5-8-20(22)15-21;1-4-6-12-8-7-10(3)9-11(12)5-2;1-7-3-4-8(2)9-6-5-7;1-7-5-3-2-4-6-7;1-2-4-6-5-3-1/h9-10,15,17,19H,2-8,11-14,16H2,1H3;7-9H,4-6H2,1-3H3;7,9H,2-6H2,1H3;2-6H,1H3;1-6H2. The van der Waals surface area contributed by atoms with E-state index < -0.39 is 0 Å².